The van der Waals surface area contributed by atoms with Crippen molar-refractivity contribution in [2.45, 2.75) is 64.7 Å². The minimum Gasteiger partial charge on any atom is -0.456 e. The molecule has 8 aromatic rings. The van der Waals surface area contributed by atoms with Gasteiger partial charge in [-0.25, -0.2) is 0 Å². The van der Waals surface area contributed by atoms with Crippen molar-refractivity contribution in [1.29, 1.82) is 0 Å². The average molecular weight is 700 g/mol. The first-order valence-electron chi connectivity index (χ1n) is 19.3. The molecule has 2 aliphatic carbocycles. The minimum atomic E-state index is -0.278. The molecule has 0 fully saturated rings. The van der Waals surface area contributed by atoms with Crippen LogP contribution in [0.4, 0.5) is 17.1 Å². The van der Waals surface area contributed by atoms with Gasteiger partial charge in [-0.2, -0.15) is 0 Å². The Morgan fingerprint density at radius 2 is 1.02 bits per heavy atom. The summed E-state index contributed by atoms with van der Waals surface area (Å²) < 4.78 is 6.61. The summed E-state index contributed by atoms with van der Waals surface area (Å²) in [7, 11) is 0. The first kappa shape index (κ1) is 32.8. The fourth-order valence-electron chi connectivity index (χ4n) is 9.94. The van der Waals surface area contributed by atoms with Crippen molar-refractivity contribution in [1.82, 2.24) is 0 Å². The molecule has 0 amide bonds. The molecule has 0 unspecified atom stereocenters. The van der Waals surface area contributed by atoms with Crippen LogP contribution in [0.3, 0.4) is 0 Å². The number of rotatable bonds is 4. The molecule has 0 bridgehead atoms. The standard InChI is InChI=1S/C52H45NO/c1-50(2,3)46-44-38-23-11-14-25-40(38)51(4,5)47(44)49(48-45(46)39-24-12-15-26-41(39)52(48,6)7)53(34-21-17-20-33(30-34)32-18-9-8-10-19-32)35-28-29-37-36-22-13-16-27-42(36)54-43(37)31-35/h8-31H,1-7H3. The van der Waals surface area contributed by atoms with E-state index in [1.54, 1.807) is 0 Å². The van der Waals surface area contributed by atoms with Crippen LogP contribution in [-0.4, -0.2) is 0 Å². The molecule has 54 heavy (non-hydrogen) atoms. The van der Waals surface area contributed by atoms with Crippen LogP contribution < -0.4 is 4.90 Å². The summed E-state index contributed by atoms with van der Waals surface area (Å²) in [6, 6.07) is 53.4. The average Bonchev–Trinajstić information content (AvgIpc) is 3.74. The van der Waals surface area contributed by atoms with E-state index in [-0.39, 0.29) is 16.2 Å². The first-order valence-corrected chi connectivity index (χ1v) is 19.3. The van der Waals surface area contributed by atoms with Crippen LogP contribution in [0.15, 0.2) is 150 Å². The predicted octanol–water partition coefficient (Wildman–Crippen LogP) is 14.6. The summed E-state index contributed by atoms with van der Waals surface area (Å²) >= 11 is 0. The topological polar surface area (TPSA) is 16.4 Å². The molecule has 0 saturated heterocycles. The van der Waals surface area contributed by atoms with Gasteiger partial charge in [0.2, 0.25) is 0 Å². The Morgan fingerprint density at radius 1 is 0.481 bits per heavy atom. The molecule has 1 heterocycles. The van der Waals surface area contributed by atoms with Crippen LogP contribution in [0.5, 0.6) is 0 Å². The van der Waals surface area contributed by atoms with Crippen LogP contribution >= 0.6 is 0 Å². The fourth-order valence-corrected chi connectivity index (χ4v) is 9.94. The van der Waals surface area contributed by atoms with Crippen molar-refractivity contribution in [3.05, 3.63) is 173 Å². The maximum absolute atomic E-state index is 6.61. The fraction of sp³-hybridized carbons (Fsp3) is 0.192. The minimum absolute atomic E-state index is 0.126. The highest BCUT2D eigenvalue weighted by atomic mass is 16.3. The van der Waals surface area contributed by atoms with E-state index < -0.39 is 0 Å². The van der Waals surface area contributed by atoms with Gasteiger partial charge in [0, 0.05) is 39.0 Å². The Labute approximate surface area is 318 Å². The molecule has 0 spiro atoms. The molecule has 264 valence electrons. The highest BCUT2D eigenvalue weighted by Crippen LogP contribution is 2.65. The lowest BCUT2D eigenvalue weighted by molar-refractivity contribution is 0.587. The lowest BCUT2D eigenvalue weighted by Gasteiger charge is -2.39. The third-order valence-electron chi connectivity index (χ3n) is 12.3. The van der Waals surface area contributed by atoms with E-state index >= 15 is 0 Å². The number of hydrogen-bond acceptors (Lipinski definition) is 2. The van der Waals surface area contributed by atoms with E-state index in [9.17, 15) is 0 Å². The number of anilines is 3. The largest absolute Gasteiger partial charge is 0.456 e. The molecule has 0 N–H and O–H groups in total. The molecule has 2 aliphatic rings. The van der Waals surface area contributed by atoms with Crippen molar-refractivity contribution in [3.8, 4) is 33.4 Å². The molecule has 0 aliphatic heterocycles. The lowest BCUT2D eigenvalue weighted by Crippen LogP contribution is -2.27. The van der Waals surface area contributed by atoms with Crippen molar-refractivity contribution in [2.75, 3.05) is 4.90 Å². The molecular formula is C52H45NO. The van der Waals surface area contributed by atoms with E-state index in [0.717, 1.165) is 33.3 Å². The molecular weight excluding hydrogens is 655 g/mol. The molecule has 2 heteroatoms. The van der Waals surface area contributed by atoms with E-state index in [1.807, 2.05) is 0 Å². The number of hydrogen-bond donors (Lipinski definition) is 0. The molecule has 0 radical (unpaired) electrons. The maximum atomic E-state index is 6.61. The Hall–Kier alpha value is -5.86. The third kappa shape index (κ3) is 4.53. The SMILES string of the molecule is CC(C)(C)c1c2c(c(N(c3cccc(-c4ccccc4)c3)c3ccc4c(c3)oc3ccccc34)c3c1-c1ccccc1C3(C)C)C(C)(C)c1ccccc1-2. The number of furan rings is 1. The second kappa shape index (κ2) is 11.3. The summed E-state index contributed by atoms with van der Waals surface area (Å²) in [5.74, 6) is 0. The highest BCUT2D eigenvalue weighted by molar-refractivity contribution is 6.07. The van der Waals surface area contributed by atoms with Crippen LogP contribution in [0, 0.1) is 0 Å². The molecule has 7 aromatic carbocycles. The highest BCUT2D eigenvalue weighted by Gasteiger charge is 2.50. The zero-order valence-corrected chi connectivity index (χ0v) is 32.2. The van der Waals surface area contributed by atoms with Gasteiger partial charge in [0.1, 0.15) is 11.2 Å². The van der Waals surface area contributed by atoms with Crippen LogP contribution in [0.25, 0.3) is 55.3 Å². The van der Waals surface area contributed by atoms with Crippen molar-refractivity contribution < 1.29 is 4.42 Å². The van der Waals surface area contributed by atoms with Crippen LogP contribution in [0.1, 0.15) is 76.3 Å². The van der Waals surface area contributed by atoms with Gasteiger partial charge >= 0.3 is 0 Å². The number of nitrogens with zero attached hydrogens (tertiary/aromatic N) is 1. The first-order chi connectivity index (χ1) is 26.0. The Bertz CT molecular complexity index is 2720. The number of benzene rings is 7. The summed E-state index contributed by atoms with van der Waals surface area (Å²) in [5, 5.41) is 2.27. The molecule has 0 atom stereocenters. The Balaban J connectivity index is 1.39. The monoisotopic (exact) mass is 699 g/mol. The quantitative estimate of drug-likeness (QED) is 0.182. The van der Waals surface area contributed by atoms with Gasteiger partial charge in [0.15, 0.2) is 0 Å². The van der Waals surface area contributed by atoms with E-state index in [0.29, 0.717) is 0 Å². The summed E-state index contributed by atoms with van der Waals surface area (Å²) in [6.45, 7) is 17.0. The van der Waals surface area contributed by atoms with Crippen LogP contribution in [-0.2, 0) is 16.2 Å². The van der Waals surface area contributed by atoms with E-state index in [1.165, 1.54) is 66.9 Å². The van der Waals surface area contributed by atoms with Gasteiger partial charge in [-0.1, -0.05) is 158 Å². The number of fused-ring (bicyclic) bond motifs is 9. The maximum Gasteiger partial charge on any atom is 0.137 e. The van der Waals surface area contributed by atoms with E-state index in [4.69, 9.17) is 4.42 Å². The van der Waals surface area contributed by atoms with Crippen molar-refractivity contribution >= 4 is 39.0 Å². The van der Waals surface area contributed by atoms with Gasteiger partial charge in [0.25, 0.3) is 0 Å². The predicted molar refractivity (Wildman–Crippen MR) is 228 cm³/mol. The Kier molecular flexibility index (Phi) is 6.87. The smallest absolute Gasteiger partial charge is 0.137 e. The van der Waals surface area contributed by atoms with Crippen LogP contribution in [0.2, 0.25) is 0 Å². The van der Waals surface area contributed by atoms with Crippen molar-refractivity contribution in [2.24, 2.45) is 0 Å². The van der Waals surface area contributed by atoms with E-state index in [2.05, 4.69) is 199 Å². The molecule has 1 aromatic heterocycles. The van der Waals surface area contributed by atoms with Gasteiger partial charge in [-0.15, -0.1) is 0 Å². The normalized spacial score (nSPS) is 14.9. The second-order valence-electron chi connectivity index (χ2n) is 17.3. The molecule has 10 rings (SSSR count). The third-order valence-corrected chi connectivity index (χ3v) is 12.3. The Morgan fingerprint density at radius 3 is 1.67 bits per heavy atom. The van der Waals surface area contributed by atoms with Crippen molar-refractivity contribution in [3.63, 3.8) is 0 Å². The lowest BCUT2D eigenvalue weighted by atomic mass is 9.70. The van der Waals surface area contributed by atoms with Gasteiger partial charge < -0.3 is 9.32 Å². The zero-order valence-electron chi connectivity index (χ0n) is 32.2. The number of para-hydroxylation sites is 1. The van der Waals surface area contributed by atoms with Gasteiger partial charge in [-0.3, -0.25) is 0 Å². The van der Waals surface area contributed by atoms with Gasteiger partial charge in [0.05, 0.1) is 5.69 Å². The van der Waals surface area contributed by atoms with Gasteiger partial charge in [-0.05, 0) is 96.9 Å². The molecule has 2 nitrogen and oxygen atoms in total. The summed E-state index contributed by atoms with van der Waals surface area (Å²) in [6.07, 6.45) is 0. The summed E-state index contributed by atoms with van der Waals surface area (Å²) in [4.78, 5) is 2.57. The zero-order chi connectivity index (χ0) is 37.1. The summed E-state index contributed by atoms with van der Waals surface area (Å²) in [5.41, 5.74) is 19.4. The second-order valence-corrected chi connectivity index (χ2v) is 17.3. The molecule has 0 saturated carbocycles.